The van der Waals surface area contributed by atoms with Gasteiger partial charge in [0.05, 0.1) is 6.61 Å². The van der Waals surface area contributed by atoms with Crippen LogP contribution in [0.2, 0.25) is 0 Å². The van der Waals surface area contributed by atoms with Gasteiger partial charge in [0.2, 0.25) is 0 Å². The molecule has 3 rings (SSSR count). The molecule has 2 saturated heterocycles. The zero-order valence-electron chi connectivity index (χ0n) is 29.2. The summed E-state index contributed by atoms with van der Waals surface area (Å²) in [5.41, 5.74) is 0.521. The van der Waals surface area contributed by atoms with Crippen molar-refractivity contribution in [2.75, 3.05) is 13.2 Å². The molecule has 0 radical (unpaired) electrons. The molecule has 6 nitrogen and oxygen atoms in total. The highest BCUT2D eigenvalue weighted by Gasteiger charge is 2.58. The molecule has 6 heteroatoms. The Morgan fingerprint density at radius 3 is 1.84 bits per heavy atom. The number of ether oxygens (including phenoxy) is 3. The number of rotatable bonds is 21. The number of unbranched alkanes of at least 4 members (excludes halogenated alkanes) is 14. The van der Waals surface area contributed by atoms with E-state index in [1.807, 2.05) is 18.2 Å². The molecule has 0 bridgehead atoms. The minimum atomic E-state index is -0.700. The van der Waals surface area contributed by atoms with E-state index < -0.39 is 5.79 Å². The summed E-state index contributed by atoms with van der Waals surface area (Å²) in [4.78, 5) is 19.0. The van der Waals surface area contributed by atoms with Gasteiger partial charge in [0.15, 0.2) is 5.79 Å². The van der Waals surface area contributed by atoms with Gasteiger partial charge in [0.1, 0.15) is 18.8 Å². The number of carbonyl (C=O) groups excluding carboxylic acids is 1. The number of piperidine rings is 1. The highest BCUT2D eigenvalue weighted by atomic mass is 16.8. The van der Waals surface area contributed by atoms with Crippen LogP contribution in [-0.4, -0.2) is 47.2 Å². The molecule has 1 aromatic rings. The molecular formula is C38H65NO5. The Kier molecular flexibility index (Phi) is 15.7. The second kappa shape index (κ2) is 18.6. The Morgan fingerprint density at radius 1 is 0.818 bits per heavy atom. The van der Waals surface area contributed by atoms with Gasteiger partial charge in [-0.05, 0) is 46.6 Å². The van der Waals surface area contributed by atoms with E-state index in [2.05, 4.69) is 58.7 Å². The summed E-state index contributed by atoms with van der Waals surface area (Å²) in [6, 6.07) is 10.3. The number of hydroxylamine groups is 2. The Hall–Kier alpha value is -1.47. The maximum atomic E-state index is 12.4. The molecule has 0 amide bonds. The topological polar surface area (TPSA) is 57.2 Å². The summed E-state index contributed by atoms with van der Waals surface area (Å²) in [5.74, 6) is -0.822. The number of hydrogen-bond acceptors (Lipinski definition) is 6. The van der Waals surface area contributed by atoms with Crippen LogP contribution in [-0.2, 0) is 23.8 Å². The van der Waals surface area contributed by atoms with Gasteiger partial charge in [0.25, 0.3) is 0 Å². The summed E-state index contributed by atoms with van der Waals surface area (Å²) in [7, 11) is 0. The predicted octanol–water partition coefficient (Wildman–Crippen LogP) is 10.2. The van der Waals surface area contributed by atoms with E-state index >= 15 is 0 Å². The van der Waals surface area contributed by atoms with Gasteiger partial charge in [0, 0.05) is 30.3 Å². The minimum absolute atomic E-state index is 0.0640. The van der Waals surface area contributed by atoms with Crippen LogP contribution in [0, 0.1) is 0 Å². The summed E-state index contributed by atoms with van der Waals surface area (Å²) in [6.45, 7) is 13.8. The standard InChI is InChI=1S/C38H65NO5/c1-7-8-9-10-11-12-13-14-15-16-17-18-19-20-24-27-35(40)41-28-34-29-42-38(43-34)30-36(3,4)39(37(5,6)31-38)44-32(2)33-25-22-21-23-26-33/h21-23,25-26,32,34H,7-20,24,27-31H2,1-6H3. The zero-order chi connectivity index (χ0) is 31.9. The average Bonchev–Trinajstić information content (AvgIpc) is 3.36. The van der Waals surface area contributed by atoms with Crippen LogP contribution < -0.4 is 0 Å². The lowest BCUT2D eigenvalue weighted by Gasteiger charge is -2.56. The van der Waals surface area contributed by atoms with Crippen molar-refractivity contribution in [3.63, 3.8) is 0 Å². The van der Waals surface area contributed by atoms with E-state index in [0.717, 1.165) is 18.4 Å². The molecule has 2 heterocycles. The average molecular weight is 616 g/mol. The van der Waals surface area contributed by atoms with Gasteiger partial charge >= 0.3 is 5.97 Å². The van der Waals surface area contributed by atoms with Crippen molar-refractivity contribution >= 4 is 5.97 Å². The van der Waals surface area contributed by atoms with Crippen LogP contribution in [0.1, 0.15) is 169 Å². The van der Waals surface area contributed by atoms with Crippen molar-refractivity contribution in [1.82, 2.24) is 5.06 Å². The molecule has 2 unspecified atom stereocenters. The van der Waals surface area contributed by atoms with Crippen molar-refractivity contribution in [1.29, 1.82) is 0 Å². The summed E-state index contributed by atoms with van der Waals surface area (Å²) in [6.07, 6.45) is 21.3. The van der Waals surface area contributed by atoms with E-state index in [4.69, 9.17) is 19.0 Å². The first-order valence-corrected chi connectivity index (χ1v) is 18.1. The monoisotopic (exact) mass is 615 g/mol. The lowest BCUT2D eigenvalue weighted by Crippen LogP contribution is -2.65. The molecule has 2 atom stereocenters. The first-order valence-electron chi connectivity index (χ1n) is 18.1. The molecule has 2 aliphatic rings. The van der Waals surface area contributed by atoms with Crippen LogP contribution in [0.3, 0.4) is 0 Å². The maximum Gasteiger partial charge on any atom is 0.305 e. The molecule has 0 aromatic heterocycles. The molecule has 0 saturated carbocycles. The number of carbonyl (C=O) groups is 1. The second-order valence-corrected chi connectivity index (χ2v) is 14.8. The van der Waals surface area contributed by atoms with E-state index in [1.165, 1.54) is 83.5 Å². The molecule has 0 aliphatic carbocycles. The lowest BCUT2D eigenvalue weighted by molar-refractivity contribution is -0.351. The molecule has 44 heavy (non-hydrogen) atoms. The Morgan fingerprint density at radius 2 is 1.32 bits per heavy atom. The molecule has 2 aliphatic heterocycles. The summed E-state index contributed by atoms with van der Waals surface area (Å²) in [5, 5.41) is 2.14. The molecule has 1 spiro atoms. The molecule has 0 N–H and O–H groups in total. The van der Waals surface area contributed by atoms with E-state index in [9.17, 15) is 4.79 Å². The molecule has 1 aromatic carbocycles. The van der Waals surface area contributed by atoms with Crippen LogP contribution in [0.25, 0.3) is 0 Å². The van der Waals surface area contributed by atoms with Gasteiger partial charge in [-0.15, -0.1) is 0 Å². The van der Waals surface area contributed by atoms with Gasteiger partial charge in [-0.1, -0.05) is 127 Å². The number of hydrogen-bond donors (Lipinski definition) is 0. The van der Waals surface area contributed by atoms with Crippen LogP contribution in [0.5, 0.6) is 0 Å². The third kappa shape index (κ3) is 12.4. The summed E-state index contributed by atoms with van der Waals surface area (Å²) >= 11 is 0. The fourth-order valence-corrected chi connectivity index (χ4v) is 7.35. The molecule has 252 valence electrons. The Balaban J connectivity index is 1.25. The quantitative estimate of drug-likeness (QED) is 0.101. The highest BCUT2D eigenvalue weighted by molar-refractivity contribution is 5.69. The number of benzene rings is 1. The van der Waals surface area contributed by atoms with Gasteiger partial charge in [-0.25, -0.2) is 0 Å². The van der Waals surface area contributed by atoms with Crippen LogP contribution in [0.15, 0.2) is 30.3 Å². The van der Waals surface area contributed by atoms with Gasteiger partial charge in [-0.3, -0.25) is 9.63 Å². The second-order valence-electron chi connectivity index (χ2n) is 14.8. The minimum Gasteiger partial charge on any atom is -0.463 e. The zero-order valence-corrected chi connectivity index (χ0v) is 29.2. The fourth-order valence-electron chi connectivity index (χ4n) is 7.35. The SMILES string of the molecule is CCCCCCCCCCCCCCCCCC(=O)OCC1COC2(CC(C)(C)N(OC(C)c3ccccc3)C(C)(C)C2)O1. The first-order chi connectivity index (χ1) is 21.1. The largest absolute Gasteiger partial charge is 0.463 e. The Labute approximate surface area is 269 Å². The predicted molar refractivity (Wildman–Crippen MR) is 179 cm³/mol. The third-order valence-electron chi connectivity index (χ3n) is 9.36. The fraction of sp³-hybridized carbons (Fsp3) is 0.816. The van der Waals surface area contributed by atoms with Crippen molar-refractivity contribution in [2.45, 2.75) is 186 Å². The van der Waals surface area contributed by atoms with Crippen molar-refractivity contribution < 1.29 is 23.8 Å². The Bertz CT molecular complexity index is 914. The first kappa shape index (κ1) is 37.0. The van der Waals surface area contributed by atoms with Crippen molar-refractivity contribution in [3.05, 3.63) is 35.9 Å². The van der Waals surface area contributed by atoms with E-state index in [0.29, 0.717) is 25.9 Å². The lowest BCUT2D eigenvalue weighted by atomic mass is 9.78. The van der Waals surface area contributed by atoms with E-state index in [1.54, 1.807) is 0 Å². The molecule has 2 fully saturated rings. The highest BCUT2D eigenvalue weighted by Crippen LogP contribution is 2.49. The number of esters is 1. The van der Waals surface area contributed by atoms with Crippen molar-refractivity contribution in [2.24, 2.45) is 0 Å². The maximum absolute atomic E-state index is 12.4. The smallest absolute Gasteiger partial charge is 0.305 e. The third-order valence-corrected chi connectivity index (χ3v) is 9.36. The van der Waals surface area contributed by atoms with Crippen LogP contribution >= 0.6 is 0 Å². The van der Waals surface area contributed by atoms with Gasteiger partial charge in [-0.2, -0.15) is 5.06 Å². The van der Waals surface area contributed by atoms with E-state index in [-0.39, 0.29) is 35.9 Å². The summed E-state index contributed by atoms with van der Waals surface area (Å²) < 4.78 is 18.5. The van der Waals surface area contributed by atoms with Crippen molar-refractivity contribution in [3.8, 4) is 0 Å². The number of nitrogens with zero attached hydrogens (tertiary/aromatic N) is 1. The van der Waals surface area contributed by atoms with Gasteiger partial charge < -0.3 is 14.2 Å². The molecular weight excluding hydrogens is 550 g/mol. The van der Waals surface area contributed by atoms with Crippen LogP contribution in [0.4, 0.5) is 0 Å². The normalized spacial score (nSPS) is 21.5.